The van der Waals surface area contributed by atoms with Gasteiger partial charge in [-0.05, 0) is 25.7 Å². The first-order valence-electron chi connectivity index (χ1n) is 4.81. The molecule has 0 atom stereocenters. The summed E-state index contributed by atoms with van der Waals surface area (Å²) in [6.45, 7) is 3.08. The van der Waals surface area contributed by atoms with Crippen molar-refractivity contribution < 1.29 is 4.79 Å². The number of amides is 1. The van der Waals surface area contributed by atoms with Crippen molar-refractivity contribution in [3.63, 3.8) is 0 Å². The van der Waals surface area contributed by atoms with E-state index in [4.69, 9.17) is 0 Å². The molecule has 0 aromatic heterocycles. The zero-order chi connectivity index (χ0) is 8.55. The molecule has 0 aromatic rings. The highest BCUT2D eigenvalue weighted by molar-refractivity contribution is 5.89. The molecule has 1 heterocycles. The van der Waals surface area contributed by atoms with Crippen molar-refractivity contribution in [1.82, 2.24) is 4.90 Å². The van der Waals surface area contributed by atoms with Crippen LogP contribution in [0.2, 0.25) is 0 Å². The summed E-state index contributed by atoms with van der Waals surface area (Å²) < 4.78 is 0. The lowest BCUT2D eigenvalue weighted by Crippen LogP contribution is -2.35. The molecular formula is C10H15NO. The number of nitrogens with zero attached hydrogens (tertiary/aromatic N) is 1. The first kappa shape index (κ1) is 7.84. The molecule has 1 aliphatic carbocycles. The van der Waals surface area contributed by atoms with Gasteiger partial charge in [-0.1, -0.05) is 12.5 Å². The first-order valence-corrected chi connectivity index (χ1v) is 4.81. The fourth-order valence-corrected chi connectivity index (χ4v) is 1.73. The van der Waals surface area contributed by atoms with Gasteiger partial charge in [0.2, 0.25) is 5.91 Å². The Morgan fingerprint density at radius 3 is 2.83 bits per heavy atom. The van der Waals surface area contributed by atoms with Gasteiger partial charge in [0.1, 0.15) is 0 Å². The lowest BCUT2D eigenvalue weighted by Gasteiger charge is -2.25. The second-order valence-electron chi connectivity index (χ2n) is 3.67. The van der Waals surface area contributed by atoms with Gasteiger partial charge in [-0.15, -0.1) is 0 Å². The van der Waals surface area contributed by atoms with E-state index in [0.29, 0.717) is 6.04 Å². The van der Waals surface area contributed by atoms with Crippen LogP contribution in [-0.4, -0.2) is 23.4 Å². The molecule has 66 valence electrons. The lowest BCUT2D eigenvalue weighted by atomic mass is 10.1. The van der Waals surface area contributed by atoms with Crippen LogP contribution < -0.4 is 0 Å². The van der Waals surface area contributed by atoms with Crippen LogP contribution in [0.3, 0.4) is 0 Å². The Labute approximate surface area is 73.2 Å². The molecule has 0 unspecified atom stereocenters. The number of hydrogen-bond acceptors (Lipinski definition) is 1. The quantitative estimate of drug-likeness (QED) is 0.610. The zero-order valence-electron chi connectivity index (χ0n) is 7.55. The molecule has 1 amide bonds. The van der Waals surface area contributed by atoms with Gasteiger partial charge in [0, 0.05) is 18.7 Å². The van der Waals surface area contributed by atoms with Gasteiger partial charge in [0.25, 0.3) is 0 Å². The highest BCUT2D eigenvalue weighted by Gasteiger charge is 2.32. The average molecular weight is 165 g/mol. The van der Waals surface area contributed by atoms with Crippen LogP contribution in [0, 0.1) is 0 Å². The molecule has 0 radical (unpaired) electrons. The van der Waals surface area contributed by atoms with Crippen LogP contribution in [-0.2, 0) is 4.79 Å². The summed E-state index contributed by atoms with van der Waals surface area (Å²) in [7, 11) is 0. The minimum atomic E-state index is 0.251. The highest BCUT2D eigenvalue weighted by atomic mass is 16.2. The van der Waals surface area contributed by atoms with Crippen molar-refractivity contribution in [3.05, 3.63) is 11.6 Å². The number of carbonyl (C=O) groups excluding carboxylic acids is 1. The molecule has 0 spiro atoms. The van der Waals surface area contributed by atoms with Gasteiger partial charge in [-0.2, -0.15) is 0 Å². The SMILES string of the molecule is CCC1=CC(=O)N(C2CC2)CC1. The maximum atomic E-state index is 11.5. The summed E-state index contributed by atoms with van der Waals surface area (Å²) in [5.74, 6) is 0.251. The maximum absolute atomic E-state index is 11.5. The molecular weight excluding hydrogens is 150 g/mol. The molecule has 0 N–H and O–H groups in total. The van der Waals surface area contributed by atoms with Crippen LogP contribution in [0.1, 0.15) is 32.6 Å². The van der Waals surface area contributed by atoms with E-state index in [1.165, 1.54) is 18.4 Å². The third kappa shape index (κ3) is 1.38. The topological polar surface area (TPSA) is 20.3 Å². The molecule has 2 nitrogen and oxygen atoms in total. The minimum absolute atomic E-state index is 0.251. The third-order valence-corrected chi connectivity index (χ3v) is 2.73. The van der Waals surface area contributed by atoms with E-state index in [1.807, 2.05) is 11.0 Å². The summed E-state index contributed by atoms with van der Waals surface area (Å²) in [6, 6.07) is 0.590. The maximum Gasteiger partial charge on any atom is 0.246 e. The van der Waals surface area contributed by atoms with Crippen molar-refractivity contribution in [2.45, 2.75) is 38.6 Å². The van der Waals surface area contributed by atoms with Crippen LogP contribution >= 0.6 is 0 Å². The summed E-state index contributed by atoms with van der Waals surface area (Å²) in [5, 5.41) is 0. The number of hydrogen-bond donors (Lipinski definition) is 0. The van der Waals surface area contributed by atoms with E-state index in [2.05, 4.69) is 6.92 Å². The van der Waals surface area contributed by atoms with Crippen molar-refractivity contribution in [1.29, 1.82) is 0 Å². The van der Waals surface area contributed by atoms with Crippen LogP contribution in [0.4, 0.5) is 0 Å². The monoisotopic (exact) mass is 165 g/mol. The van der Waals surface area contributed by atoms with Crippen molar-refractivity contribution in [2.24, 2.45) is 0 Å². The second kappa shape index (κ2) is 2.92. The van der Waals surface area contributed by atoms with E-state index in [-0.39, 0.29) is 5.91 Å². The van der Waals surface area contributed by atoms with Crippen molar-refractivity contribution in [2.75, 3.05) is 6.54 Å². The Balaban J connectivity index is 2.04. The second-order valence-corrected chi connectivity index (χ2v) is 3.67. The van der Waals surface area contributed by atoms with E-state index >= 15 is 0 Å². The molecule has 0 bridgehead atoms. The fourth-order valence-electron chi connectivity index (χ4n) is 1.73. The van der Waals surface area contributed by atoms with Crippen molar-refractivity contribution >= 4 is 5.91 Å². The summed E-state index contributed by atoms with van der Waals surface area (Å²) >= 11 is 0. The molecule has 0 aromatic carbocycles. The van der Waals surface area contributed by atoms with Gasteiger partial charge in [0.05, 0.1) is 0 Å². The Hall–Kier alpha value is -0.790. The molecule has 1 fully saturated rings. The van der Waals surface area contributed by atoms with Crippen molar-refractivity contribution in [3.8, 4) is 0 Å². The number of rotatable bonds is 2. The summed E-state index contributed by atoms with van der Waals surface area (Å²) in [5.41, 5.74) is 1.32. The number of carbonyl (C=O) groups is 1. The summed E-state index contributed by atoms with van der Waals surface area (Å²) in [4.78, 5) is 13.5. The van der Waals surface area contributed by atoms with E-state index in [1.54, 1.807) is 0 Å². The predicted molar refractivity (Wildman–Crippen MR) is 47.7 cm³/mol. The third-order valence-electron chi connectivity index (χ3n) is 2.73. The smallest absolute Gasteiger partial charge is 0.246 e. The van der Waals surface area contributed by atoms with Crippen LogP contribution in [0.25, 0.3) is 0 Å². The zero-order valence-corrected chi connectivity index (χ0v) is 7.55. The highest BCUT2D eigenvalue weighted by Crippen LogP contribution is 2.29. The average Bonchev–Trinajstić information content (AvgIpc) is 2.87. The first-order chi connectivity index (χ1) is 5.81. The van der Waals surface area contributed by atoms with Gasteiger partial charge in [-0.3, -0.25) is 4.79 Å². The van der Waals surface area contributed by atoms with Gasteiger partial charge < -0.3 is 4.90 Å². The molecule has 1 saturated carbocycles. The Morgan fingerprint density at radius 1 is 1.58 bits per heavy atom. The molecule has 2 aliphatic rings. The predicted octanol–water partition coefficient (Wildman–Crippen LogP) is 1.72. The Morgan fingerprint density at radius 2 is 2.33 bits per heavy atom. The van der Waals surface area contributed by atoms with Crippen LogP contribution in [0.15, 0.2) is 11.6 Å². The normalized spacial score (nSPS) is 24.2. The lowest BCUT2D eigenvalue weighted by molar-refractivity contribution is -0.127. The molecule has 1 aliphatic heterocycles. The molecule has 2 rings (SSSR count). The van der Waals surface area contributed by atoms with E-state index in [9.17, 15) is 4.79 Å². The van der Waals surface area contributed by atoms with E-state index < -0.39 is 0 Å². The van der Waals surface area contributed by atoms with E-state index in [0.717, 1.165) is 19.4 Å². The summed E-state index contributed by atoms with van der Waals surface area (Å²) in [6.07, 6.45) is 6.41. The molecule has 0 saturated heterocycles. The van der Waals surface area contributed by atoms with Crippen LogP contribution in [0.5, 0.6) is 0 Å². The fraction of sp³-hybridized carbons (Fsp3) is 0.700. The molecule has 2 heteroatoms. The molecule has 12 heavy (non-hydrogen) atoms. The Kier molecular flexibility index (Phi) is 1.91. The standard InChI is InChI=1S/C10H15NO/c1-2-8-5-6-11(9-3-4-9)10(12)7-8/h7,9H,2-6H2,1H3. The van der Waals surface area contributed by atoms with Gasteiger partial charge in [-0.25, -0.2) is 0 Å². The van der Waals surface area contributed by atoms with Gasteiger partial charge in [0.15, 0.2) is 0 Å². The minimum Gasteiger partial charge on any atom is -0.336 e. The Bertz CT molecular complexity index is 228. The largest absolute Gasteiger partial charge is 0.336 e. The van der Waals surface area contributed by atoms with Gasteiger partial charge >= 0.3 is 0 Å².